The molecule has 1 N–H and O–H groups in total. The minimum Gasteiger partial charge on any atom is -0.744 e. The minimum absolute atomic E-state index is 0. The van der Waals surface area contributed by atoms with Gasteiger partial charge < -0.3 is 9.29 Å². The van der Waals surface area contributed by atoms with Gasteiger partial charge >= 0.3 is 25.0 Å². The molecule has 1 aromatic heterocycles. The van der Waals surface area contributed by atoms with Crippen molar-refractivity contribution < 1.29 is 41.4 Å². The van der Waals surface area contributed by atoms with Crippen LogP contribution in [0.5, 0.6) is 0 Å². The fourth-order valence-corrected chi connectivity index (χ4v) is 1.43. The van der Waals surface area contributed by atoms with E-state index in [0.29, 0.717) is 0 Å². The first-order valence-electron chi connectivity index (χ1n) is 5.00. The van der Waals surface area contributed by atoms with E-state index >= 15 is 0 Å². The summed E-state index contributed by atoms with van der Waals surface area (Å²) in [6.45, 7) is 5.10. The zero-order valence-corrected chi connectivity index (χ0v) is 11.9. The number of pyridine rings is 1. The normalized spacial score (nSPS) is 11.4. The molecule has 0 saturated heterocycles. The Morgan fingerprint density at radius 1 is 1.37 bits per heavy atom. The molecule has 0 aromatic carbocycles. The number of rotatable bonds is 2. The number of anilines is 1. The second-order valence-corrected chi connectivity index (χ2v) is 5.84. The van der Waals surface area contributed by atoms with Gasteiger partial charge in [0.05, 0.1) is 4.90 Å². The van der Waals surface area contributed by atoms with Crippen molar-refractivity contribution in [1.82, 2.24) is 4.98 Å². The number of nitrogens with zero attached hydrogens (tertiary/aromatic N) is 1. The van der Waals surface area contributed by atoms with E-state index in [1.165, 1.54) is 6.07 Å². The smallest absolute Gasteiger partial charge is 0.744 e. The maximum atomic E-state index is 11.4. The van der Waals surface area contributed by atoms with Crippen molar-refractivity contribution in [3.8, 4) is 0 Å². The van der Waals surface area contributed by atoms with Crippen molar-refractivity contribution in [3.63, 3.8) is 0 Å². The molecule has 0 aliphatic rings. The molecule has 9 heteroatoms. The zero-order chi connectivity index (χ0) is 14.0. The van der Waals surface area contributed by atoms with Crippen LogP contribution in [0.3, 0.4) is 0 Å². The van der Waals surface area contributed by atoms with E-state index < -0.39 is 26.7 Å². The summed E-state index contributed by atoms with van der Waals surface area (Å²) in [4.78, 5) is 14.5. The minimum atomic E-state index is -4.53. The van der Waals surface area contributed by atoms with E-state index in [4.69, 9.17) is 4.74 Å². The number of aromatic nitrogens is 1. The van der Waals surface area contributed by atoms with Gasteiger partial charge in [-0.3, -0.25) is 5.32 Å². The molecule has 0 unspecified atom stereocenters. The van der Waals surface area contributed by atoms with Gasteiger partial charge in [0.1, 0.15) is 21.5 Å². The van der Waals surface area contributed by atoms with Gasteiger partial charge in [0.2, 0.25) is 0 Å². The molecule has 1 rings (SSSR count). The Balaban J connectivity index is 0.00000324. The molecule has 0 aliphatic carbocycles. The molecule has 7 nitrogen and oxygen atoms in total. The van der Waals surface area contributed by atoms with Gasteiger partial charge in [0, 0.05) is 6.20 Å². The molecule has 0 spiro atoms. The van der Waals surface area contributed by atoms with Crippen LogP contribution in [-0.4, -0.2) is 29.6 Å². The van der Waals surface area contributed by atoms with Crippen molar-refractivity contribution in [2.75, 3.05) is 5.32 Å². The van der Waals surface area contributed by atoms with Crippen LogP contribution in [0.25, 0.3) is 0 Å². The molecule has 0 bridgehead atoms. The fraction of sp³-hybridized carbons (Fsp3) is 0.400. The summed E-state index contributed by atoms with van der Waals surface area (Å²) in [5.74, 6) is 0.0941. The van der Waals surface area contributed by atoms with Gasteiger partial charge in [-0.1, -0.05) is 0 Å². The number of carbonyl (C=O) groups excluding carboxylic acids is 1. The van der Waals surface area contributed by atoms with Crippen LogP contribution >= 0.6 is 0 Å². The standard InChI is InChI=1S/C10H14N2O5S.Li/c1-10(2,3)17-9(13)12-8-5-4-7(6-11-8)18(14,15)16;/h4-6H,1-3H3,(H,11,12,13)(H,14,15,16);/q;+1/p-1. The van der Waals surface area contributed by atoms with Gasteiger partial charge in [0.25, 0.3) is 0 Å². The maximum absolute atomic E-state index is 11.4. The summed E-state index contributed by atoms with van der Waals surface area (Å²) >= 11 is 0. The predicted octanol–water partition coefficient (Wildman–Crippen LogP) is -1.66. The first-order chi connectivity index (χ1) is 8.08. The Morgan fingerprint density at radius 2 is 1.95 bits per heavy atom. The topological polar surface area (TPSA) is 108 Å². The van der Waals surface area contributed by atoms with Crippen molar-refractivity contribution in [2.45, 2.75) is 31.3 Å². The summed E-state index contributed by atoms with van der Waals surface area (Å²) < 4.78 is 36.9. The molecular weight excluding hydrogens is 267 g/mol. The summed E-state index contributed by atoms with van der Waals surface area (Å²) in [6.07, 6.45) is 0.155. The Bertz CT molecular complexity index is 536. The Labute approximate surface area is 123 Å². The zero-order valence-electron chi connectivity index (χ0n) is 11.1. The first kappa shape index (κ1) is 17.9. The van der Waals surface area contributed by atoms with E-state index in [-0.39, 0.29) is 24.7 Å². The average molecular weight is 280 g/mol. The Hall–Kier alpha value is -1.07. The predicted molar refractivity (Wildman–Crippen MR) is 62.1 cm³/mol. The summed E-state index contributed by atoms with van der Waals surface area (Å²) in [5.41, 5.74) is -0.650. The van der Waals surface area contributed by atoms with E-state index in [1.54, 1.807) is 20.8 Å². The second-order valence-electron chi connectivity index (χ2n) is 4.46. The average Bonchev–Trinajstić information content (AvgIpc) is 2.13. The van der Waals surface area contributed by atoms with Gasteiger partial charge in [0.15, 0.2) is 0 Å². The third-order valence-electron chi connectivity index (χ3n) is 1.65. The van der Waals surface area contributed by atoms with Crippen molar-refractivity contribution >= 4 is 22.0 Å². The maximum Gasteiger partial charge on any atom is 1.00 e. The molecule has 100 valence electrons. The van der Waals surface area contributed by atoms with Crippen LogP contribution < -0.4 is 24.2 Å². The number of amides is 1. The van der Waals surface area contributed by atoms with Gasteiger partial charge in [-0.05, 0) is 32.9 Å². The van der Waals surface area contributed by atoms with E-state index in [1.807, 2.05) is 0 Å². The van der Waals surface area contributed by atoms with Crippen LogP contribution in [0.1, 0.15) is 20.8 Å². The SMILES string of the molecule is CC(C)(C)OC(=O)Nc1ccc(S(=O)(=O)[O-])cn1.[Li+]. The number of carbonyl (C=O) groups is 1. The molecule has 0 radical (unpaired) electrons. The van der Waals surface area contributed by atoms with Crippen molar-refractivity contribution in [2.24, 2.45) is 0 Å². The van der Waals surface area contributed by atoms with Gasteiger partial charge in [-0.25, -0.2) is 18.2 Å². The molecule has 0 saturated carbocycles. The second kappa shape index (κ2) is 6.39. The largest absolute Gasteiger partial charge is 1.00 e. The molecular formula is C10H13LiN2O5S. The summed E-state index contributed by atoms with van der Waals surface area (Å²) in [6, 6.07) is 2.26. The summed E-state index contributed by atoms with van der Waals surface area (Å²) in [5, 5.41) is 2.31. The number of hydrogen-bond acceptors (Lipinski definition) is 6. The molecule has 0 fully saturated rings. The Morgan fingerprint density at radius 3 is 2.32 bits per heavy atom. The molecule has 19 heavy (non-hydrogen) atoms. The quantitative estimate of drug-likeness (QED) is 0.513. The van der Waals surface area contributed by atoms with E-state index in [9.17, 15) is 17.8 Å². The van der Waals surface area contributed by atoms with Crippen molar-refractivity contribution in [1.29, 1.82) is 0 Å². The van der Waals surface area contributed by atoms with Crippen LogP contribution in [0.4, 0.5) is 10.6 Å². The van der Waals surface area contributed by atoms with Crippen molar-refractivity contribution in [3.05, 3.63) is 18.3 Å². The van der Waals surface area contributed by atoms with E-state index in [2.05, 4.69) is 10.3 Å². The number of hydrogen-bond donors (Lipinski definition) is 1. The molecule has 1 aromatic rings. The van der Waals surface area contributed by atoms with Gasteiger partial charge in [-0.2, -0.15) is 0 Å². The first-order valence-corrected chi connectivity index (χ1v) is 6.41. The van der Waals surface area contributed by atoms with Crippen LogP contribution in [0, 0.1) is 0 Å². The van der Waals surface area contributed by atoms with E-state index in [0.717, 1.165) is 12.3 Å². The van der Waals surface area contributed by atoms with Crippen LogP contribution in [0.15, 0.2) is 23.2 Å². The van der Waals surface area contributed by atoms with Gasteiger partial charge in [-0.15, -0.1) is 0 Å². The number of nitrogens with one attached hydrogen (secondary N) is 1. The summed E-state index contributed by atoms with van der Waals surface area (Å²) in [7, 11) is -4.53. The molecule has 0 atom stereocenters. The van der Waals surface area contributed by atoms with Crippen LogP contribution in [-0.2, 0) is 14.9 Å². The molecule has 1 heterocycles. The fourth-order valence-electron chi connectivity index (χ4n) is 1.01. The van der Waals surface area contributed by atoms with Crippen LogP contribution in [0.2, 0.25) is 0 Å². The third kappa shape index (κ3) is 6.59. The number of ether oxygens (including phenoxy) is 1. The Kier molecular flexibility index (Phi) is 6.03. The molecule has 0 aliphatic heterocycles. The monoisotopic (exact) mass is 280 g/mol. The third-order valence-corrected chi connectivity index (χ3v) is 2.47. The molecule has 1 amide bonds.